The molecule has 1 fully saturated rings. The number of carbonyl (C=O) groups excluding carboxylic acids is 2. The van der Waals surface area contributed by atoms with E-state index in [0.29, 0.717) is 0 Å². The standard InChI is InChI=1S/C12H17N3O5/c1-2-20-12(19)9-6-13-15(3-4-16)11(9)14-7-8(17)5-10(14)18/h6,8,16-17H,2-5,7H2,1H3. The molecule has 1 aromatic heterocycles. The zero-order valence-corrected chi connectivity index (χ0v) is 11.2. The minimum atomic E-state index is -0.768. The highest BCUT2D eigenvalue weighted by Gasteiger charge is 2.34. The van der Waals surface area contributed by atoms with E-state index in [1.165, 1.54) is 15.8 Å². The van der Waals surface area contributed by atoms with E-state index in [0.717, 1.165) is 0 Å². The molecule has 1 aromatic rings. The van der Waals surface area contributed by atoms with Crippen LogP contribution in [0.4, 0.5) is 5.82 Å². The van der Waals surface area contributed by atoms with Crippen LogP contribution in [0.5, 0.6) is 0 Å². The highest BCUT2D eigenvalue weighted by Crippen LogP contribution is 2.26. The number of aliphatic hydroxyl groups is 2. The van der Waals surface area contributed by atoms with E-state index < -0.39 is 12.1 Å². The van der Waals surface area contributed by atoms with Crippen LogP contribution in [0, 0.1) is 0 Å². The molecule has 0 aliphatic carbocycles. The van der Waals surface area contributed by atoms with Gasteiger partial charge in [0.2, 0.25) is 5.91 Å². The van der Waals surface area contributed by atoms with Gasteiger partial charge in [0.05, 0.1) is 45.0 Å². The number of aliphatic hydroxyl groups excluding tert-OH is 2. The maximum atomic E-state index is 11.9. The SMILES string of the molecule is CCOC(=O)c1cnn(CCO)c1N1CC(O)CC1=O. The van der Waals surface area contributed by atoms with Gasteiger partial charge in [-0.3, -0.25) is 9.69 Å². The van der Waals surface area contributed by atoms with Crippen molar-refractivity contribution in [3.63, 3.8) is 0 Å². The van der Waals surface area contributed by atoms with E-state index in [4.69, 9.17) is 9.84 Å². The van der Waals surface area contributed by atoms with Crippen LogP contribution in [0.15, 0.2) is 6.20 Å². The molecule has 110 valence electrons. The highest BCUT2D eigenvalue weighted by atomic mass is 16.5. The minimum absolute atomic E-state index is 0.00652. The van der Waals surface area contributed by atoms with Crippen molar-refractivity contribution in [1.29, 1.82) is 0 Å². The lowest BCUT2D eigenvalue weighted by molar-refractivity contribution is -0.117. The van der Waals surface area contributed by atoms with E-state index in [2.05, 4.69) is 5.10 Å². The zero-order valence-electron chi connectivity index (χ0n) is 11.2. The molecule has 8 heteroatoms. The summed E-state index contributed by atoms with van der Waals surface area (Å²) in [7, 11) is 0. The van der Waals surface area contributed by atoms with Crippen LogP contribution in [0.25, 0.3) is 0 Å². The van der Waals surface area contributed by atoms with Crippen LogP contribution in [-0.2, 0) is 16.1 Å². The lowest BCUT2D eigenvalue weighted by atomic mass is 10.3. The number of amides is 1. The van der Waals surface area contributed by atoms with Crippen molar-refractivity contribution in [2.75, 3.05) is 24.7 Å². The van der Waals surface area contributed by atoms with E-state index in [-0.39, 0.29) is 50.0 Å². The topological polar surface area (TPSA) is 105 Å². The van der Waals surface area contributed by atoms with E-state index in [1.807, 2.05) is 0 Å². The van der Waals surface area contributed by atoms with Crippen molar-refractivity contribution in [3.05, 3.63) is 11.8 Å². The third-order valence-electron chi connectivity index (χ3n) is 2.98. The third-order valence-corrected chi connectivity index (χ3v) is 2.98. The van der Waals surface area contributed by atoms with Crippen LogP contribution in [0.2, 0.25) is 0 Å². The second kappa shape index (κ2) is 6.02. The molecule has 8 nitrogen and oxygen atoms in total. The summed E-state index contributed by atoms with van der Waals surface area (Å²) in [4.78, 5) is 25.1. The zero-order chi connectivity index (χ0) is 14.7. The number of hydrogen-bond donors (Lipinski definition) is 2. The summed E-state index contributed by atoms with van der Waals surface area (Å²) >= 11 is 0. The van der Waals surface area contributed by atoms with Gasteiger partial charge in [-0.15, -0.1) is 0 Å². The van der Waals surface area contributed by atoms with Gasteiger partial charge in [-0.1, -0.05) is 0 Å². The van der Waals surface area contributed by atoms with Crippen LogP contribution in [0.3, 0.4) is 0 Å². The van der Waals surface area contributed by atoms with Crippen molar-refractivity contribution in [3.8, 4) is 0 Å². The van der Waals surface area contributed by atoms with Crippen LogP contribution < -0.4 is 4.90 Å². The lowest BCUT2D eigenvalue weighted by Crippen LogP contribution is -2.30. The Morgan fingerprint density at radius 1 is 1.60 bits per heavy atom. The molecule has 2 rings (SSSR count). The molecule has 1 aliphatic heterocycles. The fourth-order valence-electron chi connectivity index (χ4n) is 2.17. The Balaban J connectivity index is 2.39. The predicted molar refractivity (Wildman–Crippen MR) is 68.2 cm³/mol. The molecule has 1 atom stereocenters. The first-order valence-corrected chi connectivity index (χ1v) is 6.40. The maximum Gasteiger partial charge on any atom is 0.343 e. The van der Waals surface area contributed by atoms with Crippen LogP contribution in [-0.4, -0.2) is 57.7 Å². The first-order chi connectivity index (χ1) is 9.58. The Kier molecular flexibility index (Phi) is 4.35. The third kappa shape index (κ3) is 2.66. The molecule has 0 radical (unpaired) electrons. The monoisotopic (exact) mass is 283 g/mol. The average molecular weight is 283 g/mol. The van der Waals surface area contributed by atoms with Gasteiger partial charge in [-0.05, 0) is 6.92 Å². The van der Waals surface area contributed by atoms with Gasteiger partial charge in [0.1, 0.15) is 11.4 Å². The number of carbonyl (C=O) groups is 2. The first kappa shape index (κ1) is 14.5. The quantitative estimate of drug-likeness (QED) is 0.682. The summed E-state index contributed by atoms with van der Waals surface area (Å²) in [5, 5.41) is 22.6. The van der Waals surface area contributed by atoms with Crippen molar-refractivity contribution >= 4 is 17.7 Å². The van der Waals surface area contributed by atoms with Crippen molar-refractivity contribution in [2.45, 2.75) is 26.0 Å². The Labute approximate surface area is 115 Å². The fourth-order valence-corrected chi connectivity index (χ4v) is 2.17. The highest BCUT2D eigenvalue weighted by molar-refractivity contribution is 6.02. The first-order valence-electron chi connectivity index (χ1n) is 6.40. The second-order valence-corrected chi connectivity index (χ2v) is 4.41. The summed E-state index contributed by atoms with van der Waals surface area (Å²) in [5.41, 5.74) is 0.155. The molecular formula is C12H17N3O5. The van der Waals surface area contributed by atoms with Crippen LogP contribution in [0.1, 0.15) is 23.7 Å². The normalized spacial score (nSPS) is 18.6. The molecule has 1 saturated heterocycles. The van der Waals surface area contributed by atoms with Crippen molar-refractivity contribution in [2.24, 2.45) is 0 Å². The Morgan fingerprint density at radius 2 is 2.35 bits per heavy atom. The number of aromatic nitrogens is 2. The summed E-state index contributed by atoms with van der Waals surface area (Å²) in [5.74, 6) is -0.609. The number of β-amino-alcohol motifs (C(OH)–C–C–N with tert-alkyl or cyclic N) is 1. The van der Waals surface area contributed by atoms with E-state index in [1.54, 1.807) is 6.92 Å². The number of nitrogens with zero attached hydrogens (tertiary/aromatic N) is 3. The van der Waals surface area contributed by atoms with E-state index in [9.17, 15) is 14.7 Å². The van der Waals surface area contributed by atoms with Crippen LogP contribution >= 0.6 is 0 Å². The molecular weight excluding hydrogens is 266 g/mol. The molecule has 1 unspecified atom stereocenters. The Bertz CT molecular complexity index is 513. The van der Waals surface area contributed by atoms with Crippen molar-refractivity contribution < 1.29 is 24.5 Å². The predicted octanol–water partition coefficient (Wildman–Crippen LogP) is -0.850. The molecule has 1 amide bonds. The summed E-state index contributed by atoms with van der Waals surface area (Å²) < 4.78 is 6.29. The summed E-state index contributed by atoms with van der Waals surface area (Å²) in [6, 6.07) is 0. The molecule has 20 heavy (non-hydrogen) atoms. The summed E-state index contributed by atoms with van der Waals surface area (Å²) in [6.45, 7) is 1.96. The van der Waals surface area contributed by atoms with E-state index >= 15 is 0 Å². The number of anilines is 1. The number of rotatable bonds is 5. The van der Waals surface area contributed by atoms with Gasteiger partial charge in [0, 0.05) is 0 Å². The average Bonchev–Trinajstić information content (AvgIpc) is 2.93. The van der Waals surface area contributed by atoms with Crippen molar-refractivity contribution in [1.82, 2.24) is 9.78 Å². The molecule has 0 saturated carbocycles. The smallest absolute Gasteiger partial charge is 0.343 e. The number of hydrogen-bond acceptors (Lipinski definition) is 6. The van der Waals surface area contributed by atoms with Gasteiger partial charge in [-0.2, -0.15) is 5.10 Å². The van der Waals surface area contributed by atoms with Gasteiger partial charge in [-0.25, -0.2) is 9.48 Å². The molecule has 0 aromatic carbocycles. The Hall–Kier alpha value is -1.93. The molecule has 2 N–H and O–H groups in total. The van der Waals surface area contributed by atoms with Gasteiger partial charge >= 0.3 is 5.97 Å². The molecule has 0 spiro atoms. The maximum absolute atomic E-state index is 11.9. The summed E-state index contributed by atoms with van der Waals surface area (Å²) in [6.07, 6.45) is 0.545. The molecule has 2 heterocycles. The lowest BCUT2D eigenvalue weighted by Gasteiger charge is -2.18. The molecule has 0 bridgehead atoms. The van der Waals surface area contributed by atoms with Gasteiger partial charge in [0.15, 0.2) is 0 Å². The largest absolute Gasteiger partial charge is 0.462 e. The van der Waals surface area contributed by atoms with Gasteiger partial charge < -0.3 is 14.9 Å². The minimum Gasteiger partial charge on any atom is -0.462 e. The fraction of sp³-hybridized carbons (Fsp3) is 0.583. The number of ether oxygens (including phenoxy) is 1. The second-order valence-electron chi connectivity index (χ2n) is 4.41. The Morgan fingerprint density at radius 3 is 2.90 bits per heavy atom. The van der Waals surface area contributed by atoms with Gasteiger partial charge in [0.25, 0.3) is 0 Å². The number of esters is 1. The molecule has 1 aliphatic rings.